The average Bonchev–Trinajstić information content (AvgIpc) is 3.62. The quantitative estimate of drug-likeness (QED) is 0.131. The molecule has 0 atom stereocenters. The van der Waals surface area contributed by atoms with Crippen molar-refractivity contribution in [1.29, 1.82) is 0 Å². The van der Waals surface area contributed by atoms with Gasteiger partial charge in [0.1, 0.15) is 0 Å². The third-order valence-electron chi connectivity index (χ3n) is 13.2. The molecule has 0 radical (unpaired) electrons. The third-order valence-corrected chi connectivity index (χ3v) is 15.8. The molecule has 0 bridgehead atoms. The van der Waals surface area contributed by atoms with Crippen molar-refractivity contribution in [2.45, 2.75) is 84.8 Å². The van der Waals surface area contributed by atoms with Gasteiger partial charge in [-0.25, -0.2) is 0 Å². The maximum Gasteiger partial charge on any atom is 0.394 e. The van der Waals surface area contributed by atoms with E-state index in [0.717, 1.165) is 53.1 Å². The zero-order valence-corrected chi connectivity index (χ0v) is 45.4. The van der Waals surface area contributed by atoms with Crippen molar-refractivity contribution in [3.05, 3.63) is 185 Å². The summed E-state index contributed by atoms with van der Waals surface area (Å²) < 4.78 is 35.9. The minimum absolute atomic E-state index is 0. The highest BCUT2D eigenvalue weighted by atomic mass is 79.9. The van der Waals surface area contributed by atoms with Crippen molar-refractivity contribution in [3.8, 4) is 44.5 Å². The van der Waals surface area contributed by atoms with Crippen LogP contribution in [0.1, 0.15) is 96.2 Å². The number of aliphatic hydroxyl groups is 2. The van der Waals surface area contributed by atoms with Crippen LogP contribution in [0.3, 0.4) is 0 Å². The zero-order valence-electron chi connectivity index (χ0n) is 38.2. The molecule has 6 nitrogen and oxygen atoms in total. The summed E-state index contributed by atoms with van der Waals surface area (Å²) in [5.74, 6) is 0. The van der Waals surface area contributed by atoms with E-state index in [-0.39, 0.29) is 18.3 Å². The van der Waals surface area contributed by atoms with E-state index in [1.54, 1.807) is 0 Å². The number of benzene rings is 8. The number of hydrogen-bond acceptors (Lipinski definition) is 4. The fraction of sp³-hybridized carbons (Fsp3) is 0.228. The largest absolute Gasteiger partial charge is 0.394 e. The summed E-state index contributed by atoms with van der Waals surface area (Å²) in [6.45, 7) is 16.6. The monoisotopic (exact) mass is 1180 g/mol. The molecule has 4 N–H and O–H groups in total. The van der Waals surface area contributed by atoms with Crippen molar-refractivity contribution in [1.82, 2.24) is 0 Å². The van der Waals surface area contributed by atoms with Gasteiger partial charge in [0.05, 0.1) is 11.2 Å². The molecular formula is C57H54Br4O6S. The van der Waals surface area contributed by atoms with E-state index < -0.39 is 21.6 Å². The second-order valence-corrected chi connectivity index (χ2v) is 23.6. The Morgan fingerprint density at radius 3 is 1.03 bits per heavy atom. The first kappa shape index (κ1) is 51.8. The fourth-order valence-corrected chi connectivity index (χ4v) is 12.6. The number of fused-ring (bicyclic) bond motifs is 10. The van der Waals surface area contributed by atoms with Gasteiger partial charge in [0.2, 0.25) is 0 Å². The van der Waals surface area contributed by atoms with E-state index in [1.165, 1.54) is 64.2 Å². The maximum atomic E-state index is 10.8. The highest BCUT2D eigenvalue weighted by molar-refractivity contribution is 9.11. The topological polar surface area (TPSA) is 115 Å². The molecule has 8 aromatic carbocycles. The van der Waals surface area contributed by atoms with Gasteiger partial charge in [-0.05, 0) is 130 Å². The van der Waals surface area contributed by atoms with Crippen molar-refractivity contribution < 1.29 is 27.7 Å². The first-order chi connectivity index (χ1) is 31.2. The van der Waals surface area contributed by atoms with Crippen LogP contribution in [0.15, 0.2) is 151 Å². The van der Waals surface area contributed by atoms with Crippen LogP contribution in [0.4, 0.5) is 0 Å². The van der Waals surface area contributed by atoms with E-state index in [4.69, 9.17) is 17.5 Å². The molecule has 0 heterocycles. The molecule has 0 saturated heterocycles. The van der Waals surface area contributed by atoms with Crippen molar-refractivity contribution in [2.75, 3.05) is 0 Å². The summed E-state index contributed by atoms with van der Waals surface area (Å²) in [5, 5.41) is 26.4. The van der Waals surface area contributed by atoms with Gasteiger partial charge in [0.25, 0.3) is 0 Å². The van der Waals surface area contributed by atoms with Gasteiger partial charge in [-0.2, -0.15) is 8.42 Å². The van der Waals surface area contributed by atoms with Crippen molar-refractivity contribution in [2.24, 2.45) is 0 Å². The van der Waals surface area contributed by atoms with Crippen LogP contribution in [0.25, 0.3) is 66.1 Å². The molecule has 0 saturated carbocycles. The zero-order chi connectivity index (χ0) is 48.8. The SMILES string of the molecule is C.CC(C)(O)c1ccccc1-c1ccc(Br)c2c(-c3ccccc3C(C)(C)O)ccc(Br)c12.CC1(C)c2ccccc2-c2c1cc(Br)c1c3c(cc(Br)c21)C(C)(C)c1ccccc1-3.O=S(=O)(O)O. The lowest BCUT2D eigenvalue weighted by Gasteiger charge is -2.25. The van der Waals surface area contributed by atoms with Gasteiger partial charge in [-0.3, -0.25) is 9.11 Å². The average molecular weight is 1190 g/mol. The van der Waals surface area contributed by atoms with Crippen LogP contribution < -0.4 is 0 Å². The van der Waals surface area contributed by atoms with Gasteiger partial charge in [0.15, 0.2) is 0 Å². The van der Waals surface area contributed by atoms with E-state index in [0.29, 0.717) is 0 Å². The molecule has 0 spiro atoms. The number of rotatable bonds is 4. The van der Waals surface area contributed by atoms with Gasteiger partial charge < -0.3 is 10.2 Å². The van der Waals surface area contributed by atoms with Gasteiger partial charge in [-0.1, -0.05) is 208 Å². The molecule has 2 aliphatic rings. The van der Waals surface area contributed by atoms with Crippen LogP contribution in [0.5, 0.6) is 0 Å². The predicted octanol–water partition coefficient (Wildman–Crippen LogP) is 17.1. The summed E-state index contributed by atoms with van der Waals surface area (Å²) in [6.07, 6.45) is 0. The minimum Gasteiger partial charge on any atom is -0.386 e. The summed E-state index contributed by atoms with van der Waals surface area (Å²) in [5.41, 5.74) is 14.9. The molecule has 0 amide bonds. The molecule has 0 aliphatic heterocycles. The number of halogens is 4. The fourth-order valence-electron chi connectivity index (χ4n) is 10.2. The smallest absolute Gasteiger partial charge is 0.386 e. The second-order valence-electron chi connectivity index (χ2n) is 19.2. The molecule has 11 heteroatoms. The van der Waals surface area contributed by atoms with Crippen LogP contribution in [0, 0.1) is 0 Å². The van der Waals surface area contributed by atoms with E-state index >= 15 is 0 Å². The lowest BCUT2D eigenvalue weighted by atomic mass is 9.80. The Hall–Kier alpha value is -4.01. The van der Waals surface area contributed by atoms with E-state index in [1.807, 2.05) is 64.1 Å². The van der Waals surface area contributed by atoms with Crippen LogP contribution in [-0.4, -0.2) is 27.7 Å². The Bertz CT molecular complexity index is 3200. The second kappa shape index (κ2) is 18.6. The molecular weight excluding hydrogens is 1130 g/mol. The van der Waals surface area contributed by atoms with Gasteiger partial charge in [0, 0.05) is 50.3 Å². The van der Waals surface area contributed by atoms with Crippen LogP contribution in [0.2, 0.25) is 0 Å². The first-order valence-electron chi connectivity index (χ1n) is 21.7. The van der Waals surface area contributed by atoms with Gasteiger partial charge >= 0.3 is 10.4 Å². The lowest BCUT2D eigenvalue weighted by molar-refractivity contribution is 0.0786. The van der Waals surface area contributed by atoms with Crippen LogP contribution >= 0.6 is 63.7 Å². The highest BCUT2D eigenvalue weighted by Gasteiger charge is 2.41. The van der Waals surface area contributed by atoms with Gasteiger partial charge in [-0.15, -0.1) is 0 Å². The molecule has 0 fully saturated rings. The molecule has 352 valence electrons. The maximum absolute atomic E-state index is 10.8. The first-order valence-corrected chi connectivity index (χ1v) is 26.3. The Morgan fingerprint density at radius 1 is 0.412 bits per heavy atom. The molecule has 2 aliphatic carbocycles. The van der Waals surface area contributed by atoms with Crippen molar-refractivity contribution in [3.63, 3.8) is 0 Å². The normalized spacial score (nSPS) is 14.1. The third kappa shape index (κ3) is 9.24. The lowest BCUT2D eigenvalue weighted by Crippen LogP contribution is -2.17. The minimum atomic E-state index is -4.67. The molecule has 0 unspecified atom stereocenters. The Morgan fingerprint density at radius 2 is 0.706 bits per heavy atom. The Balaban J connectivity index is 0.000000181. The Labute approximate surface area is 434 Å². The highest BCUT2D eigenvalue weighted by Crippen LogP contribution is 2.59. The molecule has 10 rings (SSSR count). The Kier molecular flexibility index (Phi) is 14.2. The van der Waals surface area contributed by atoms with E-state index in [9.17, 15) is 10.2 Å². The molecule has 68 heavy (non-hydrogen) atoms. The predicted molar refractivity (Wildman–Crippen MR) is 296 cm³/mol. The van der Waals surface area contributed by atoms with Crippen LogP contribution in [-0.2, 0) is 32.4 Å². The summed E-state index contributed by atoms with van der Waals surface area (Å²) in [4.78, 5) is 0. The number of hydrogen-bond donors (Lipinski definition) is 4. The standard InChI is InChI=1S/C28H26Br2O2.C28H22Br2.CH4.H2O4S/c1-27(2,31)21-11-7-5-9-17(21)19-13-15-24(30)26-20(14-16-23(29)25(19)26)18-10-6-8-12-22(18)28(3,4)32;1-27(2)17-11-7-5-9-15(17)23-19(27)13-21(29)26-24-16-10-6-8-12-18(16)28(3,4)20(24)14-22(30)25(23)26;;1-5(2,3)4/h5-16,31-32H,1-4H3;5-14H,1-4H3;1H4;(H2,1,2,3,4). The summed E-state index contributed by atoms with van der Waals surface area (Å²) in [6, 6.07) is 46.8. The van der Waals surface area contributed by atoms with Crippen molar-refractivity contribution >= 4 is 95.7 Å². The summed E-state index contributed by atoms with van der Waals surface area (Å²) in [7, 11) is -4.67. The molecule has 8 aromatic rings. The van der Waals surface area contributed by atoms with E-state index in [2.05, 4.69) is 188 Å². The molecule has 0 aromatic heterocycles. The summed E-state index contributed by atoms with van der Waals surface area (Å²) >= 11 is 15.6.